The maximum absolute atomic E-state index is 11.6. The summed E-state index contributed by atoms with van der Waals surface area (Å²) in [7, 11) is 1.41. The minimum absolute atomic E-state index is 0.179. The first-order valence-electron chi connectivity index (χ1n) is 4.85. The Morgan fingerprint density at radius 3 is 2.44 bits per heavy atom. The third kappa shape index (κ3) is 1.48. The lowest BCUT2D eigenvalue weighted by atomic mass is 10.1. The van der Waals surface area contributed by atoms with Crippen molar-refractivity contribution < 1.29 is 14.3 Å². The second kappa shape index (κ2) is 3.81. The van der Waals surface area contributed by atoms with Crippen LogP contribution in [0.5, 0.6) is 0 Å². The van der Waals surface area contributed by atoms with E-state index in [0.717, 1.165) is 0 Å². The first kappa shape index (κ1) is 10.4. The van der Waals surface area contributed by atoms with Crippen LogP contribution in [-0.4, -0.2) is 18.8 Å². The molecule has 82 valence electrons. The van der Waals surface area contributed by atoms with Crippen molar-refractivity contribution in [1.29, 1.82) is 0 Å². The third-order valence-electron chi connectivity index (χ3n) is 2.43. The van der Waals surface area contributed by atoms with Crippen LogP contribution in [0.15, 0.2) is 30.0 Å². The molecule has 1 heterocycles. The molecular weight excluding hydrogens is 206 g/mol. The van der Waals surface area contributed by atoms with E-state index in [1.165, 1.54) is 14.0 Å². The van der Waals surface area contributed by atoms with Gasteiger partial charge in [0.2, 0.25) is 0 Å². The van der Waals surface area contributed by atoms with Crippen molar-refractivity contribution in [3.05, 3.63) is 41.2 Å². The number of benzene rings is 1. The molecule has 0 bridgehead atoms. The summed E-state index contributed by atoms with van der Waals surface area (Å²) in [5.41, 5.74) is 1.73. The lowest BCUT2D eigenvalue weighted by Crippen LogP contribution is -2.16. The average molecular weight is 217 g/mol. The number of ether oxygens (including phenoxy) is 1. The Morgan fingerprint density at radius 2 is 1.88 bits per heavy atom. The minimum Gasteiger partial charge on any atom is -0.491 e. The predicted octanol–water partition coefficient (Wildman–Crippen LogP) is 1.33. The molecule has 1 aromatic rings. The number of fused-ring (bicyclic) bond motifs is 1. The zero-order chi connectivity index (χ0) is 11.7. The fourth-order valence-corrected chi connectivity index (χ4v) is 1.75. The number of amides is 1. The number of hydrogen-bond donors (Lipinski definition) is 1. The average Bonchev–Trinajstić information content (AvgIpc) is 2.58. The molecule has 0 unspecified atom stereocenters. The van der Waals surface area contributed by atoms with Gasteiger partial charge < -0.3 is 10.1 Å². The van der Waals surface area contributed by atoms with E-state index < -0.39 is 0 Å². The van der Waals surface area contributed by atoms with Crippen molar-refractivity contribution in [1.82, 2.24) is 5.32 Å². The van der Waals surface area contributed by atoms with E-state index in [4.69, 9.17) is 4.74 Å². The highest BCUT2D eigenvalue weighted by Crippen LogP contribution is 2.27. The molecule has 1 aliphatic heterocycles. The number of carbonyl (C=O) groups excluding carboxylic acids is 2. The molecule has 0 aromatic heterocycles. The summed E-state index contributed by atoms with van der Waals surface area (Å²) in [4.78, 5) is 23.0. The smallest absolute Gasteiger partial charge is 0.256 e. The van der Waals surface area contributed by atoms with Crippen LogP contribution in [0.3, 0.4) is 0 Å². The van der Waals surface area contributed by atoms with Gasteiger partial charge in [0.1, 0.15) is 0 Å². The zero-order valence-electron chi connectivity index (χ0n) is 9.03. The van der Waals surface area contributed by atoms with Crippen LogP contribution in [0.2, 0.25) is 0 Å². The quantitative estimate of drug-likeness (QED) is 0.600. The lowest BCUT2D eigenvalue weighted by molar-refractivity contribution is -0.116. The third-order valence-corrected chi connectivity index (χ3v) is 2.43. The molecule has 4 heteroatoms. The molecule has 1 aliphatic rings. The second-order valence-electron chi connectivity index (χ2n) is 3.46. The summed E-state index contributed by atoms with van der Waals surface area (Å²) in [6, 6.07) is 7.09. The second-order valence-corrected chi connectivity index (χ2v) is 3.46. The first-order valence-corrected chi connectivity index (χ1v) is 4.85. The number of methoxy groups -OCH3 is 1. The van der Waals surface area contributed by atoms with Gasteiger partial charge in [0.15, 0.2) is 11.5 Å². The fraction of sp³-hybridized carbons (Fsp3) is 0.167. The van der Waals surface area contributed by atoms with Gasteiger partial charge >= 0.3 is 0 Å². The summed E-state index contributed by atoms with van der Waals surface area (Å²) < 4.78 is 5.02. The molecule has 1 aromatic carbocycles. The highest BCUT2D eigenvalue weighted by Gasteiger charge is 2.27. The van der Waals surface area contributed by atoms with Gasteiger partial charge in [-0.05, 0) is 6.07 Å². The van der Waals surface area contributed by atoms with Gasteiger partial charge in [0, 0.05) is 18.1 Å². The maximum atomic E-state index is 11.6. The standard InChI is InChI=1S/C12H11NO3/c1-7(14)11(16-2)10-8-5-3-4-6-9(8)12(15)13-10/h3-6H,1-2H3,(H,13,15)/b11-10+. The van der Waals surface area contributed by atoms with Crippen molar-refractivity contribution in [3.8, 4) is 0 Å². The van der Waals surface area contributed by atoms with Gasteiger partial charge in [-0.2, -0.15) is 0 Å². The monoisotopic (exact) mass is 217 g/mol. The molecule has 0 atom stereocenters. The van der Waals surface area contributed by atoms with Crippen molar-refractivity contribution >= 4 is 17.4 Å². The van der Waals surface area contributed by atoms with Gasteiger partial charge in [-0.25, -0.2) is 0 Å². The minimum atomic E-state index is -0.213. The molecule has 0 aliphatic carbocycles. The van der Waals surface area contributed by atoms with Crippen molar-refractivity contribution in [2.45, 2.75) is 6.92 Å². The molecule has 0 saturated heterocycles. The first-order chi connectivity index (χ1) is 7.65. The SMILES string of the molecule is CO/C(C(C)=O)=C1/NC(=O)c2ccccc21. The van der Waals surface area contributed by atoms with Gasteiger partial charge in [0.05, 0.1) is 12.8 Å². The van der Waals surface area contributed by atoms with E-state index in [1.807, 2.05) is 6.07 Å². The molecule has 0 spiro atoms. The van der Waals surface area contributed by atoms with Gasteiger partial charge in [0.25, 0.3) is 5.91 Å². The number of nitrogens with one attached hydrogen (secondary N) is 1. The fourth-order valence-electron chi connectivity index (χ4n) is 1.75. The van der Waals surface area contributed by atoms with Gasteiger partial charge in [-0.1, -0.05) is 18.2 Å². The van der Waals surface area contributed by atoms with Crippen molar-refractivity contribution in [2.75, 3.05) is 7.11 Å². The normalized spacial score (nSPS) is 16.5. The number of rotatable bonds is 2. The topological polar surface area (TPSA) is 55.4 Å². The number of Topliss-reactive ketones (excluding diaryl/α,β-unsaturated/α-hetero) is 1. The van der Waals surface area contributed by atoms with E-state index in [9.17, 15) is 9.59 Å². The predicted molar refractivity (Wildman–Crippen MR) is 58.5 cm³/mol. The molecule has 2 rings (SSSR count). The Hall–Kier alpha value is -2.10. The Morgan fingerprint density at radius 1 is 1.25 bits per heavy atom. The van der Waals surface area contributed by atoms with E-state index >= 15 is 0 Å². The Balaban J connectivity index is 2.64. The number of hydrogen-bond acceptors (Lipinski definition) is 3. The molecule has 0 fully saturated rings. The summed E-state index contributed by atoms with van der Waals surface area (Å²) in [5.74, 6) is -0.241. The highest BCUT2D eigenvalue weighted by atomic mass is 16.5. The Bertz CT molecular complexity index is 503. The van der Waals surface area contributed by atoms with E-state index in [2.05, 4.69) is 5.32 Å². The van der Waals surface area contributed by atoms with Crippen LogP contribution in [0, 0.1) is 0 Å². The van der Waals surface area contributed by atoms with Crippen LogP contribution in [0.1, 0.15) is 22.8 Å². The van der Waals surface area contributed by atoms with Crippen LogP contribution < -0.4 is 5.32 Å². The molecule has 1 amide bonds. The highest BCUT2D eigenvalue weighted by molar-refractivity contribution is 6.13. The number of allylic oxidation sites excluding steroid dienone is 1. The molecule has 16 heavy (non-hydrogen) atoms. The van der Waals surface area contributed by atoms with Crippen molar-refractivity contribution in [3.63, 3.8) is 0 Å². The van der Waals surface area contributed by atoms with Crippen LogP contribution in [0.25, 0.3) is 5.70 Å². The number of ketones is 1. The Labute approximate surface area is 92.9 Å². The van der Waals surface area contributed by atoms with E-state index in [1.54, 1.807) is 18.2 Å². The van der Waals surface area contributed by atoms with E-state index in [0.29, 0.717) is 16.8 Å². The summed E-state index contributed by atoms with van der Waals surface area (Å²) >= 11 is 0. The van der Waals surface area contributed by atoms with Crippen molar-refractivity contribution in [2.24, 2.45) is 0 Å². The Kier molecular flexibility index (Phi) is 2.48. The molecular formula is C12H11NO3. The molecule has 4 nitrogen and oxygen atoms in total. The summed E-state index contributed by atoms with van der Waals surface area (Å²) in [6.07, 6.45) is 0. The van der Waals surface area contributed by atoms with Crippen LogP contribution in [-0.2, 0) is 9.53 Å². The number of carbonyl (C=O) groups is 2. The van der Waals surface area contributed by atoms with Crippen LogP contribution in [0.4, 0.5) is 0 Å². The zero-order valence-corrected chi connectivity index (χ0v) is 9.03. The maximum Gasteiger partial charge on any atom is 0.256 e. The van der Waals surface area contributed by atoms with Crippen LogP contribution >= 0.6 is 0 Å². The molecule has 0 radical (unpaired) electrons. The van der Waals surface area contributed by atoms with E-state index in [-0.39, 0.29) is 17.4 Å². The molecule has 0 saturated carbocycles. The largest absolute Gasteiger partial charge is 0.491 e. The van der Waals surface area contributed by atoms with Gasteiger partial charge in [-0.15, -0.1) is 0 Å². The lowest BCUT2D eigenvalue weighted by Gasteiger charge is -2.06. The molecule has 1 N–H and O–H groups in total. The summed E-state index contributed by atoms with van der Waals surface area (Å²) in [6.45, 7) is 1.40. The summed E-state index contributed by atoms with van der Waals surface area (Å²) in [5, 5.41) is 2.65. The van der Waals surface area contributed by atoms with Gasteiger partial charge in [-0.3, -0.25) is 9.59 Å².